The van der Waals surface area contributed by atoms with Gasteiger partial charge in [0, 0.05) is 0 Å². The molecule has 4 rings (SSSR count). The van der Waals surface area contributed by atoms with E-state index in [1.807, 2.05) is 0 Å². The number of alkyl halides is 6. The van der Waals surface area contributed by atoms with Gasteiger partial charge in [-0.15, -0.1) is 0 Å². The molecule has 0 radical (unpaired) electrons. The molecule has 0 atom stereocenters. The molecule has 2 fully saturated rings. The highest BCUT2D eigenvalue weighted by Crippen LogP contribution is 2.49. The van der Waals surface area contributed by atoms with Crippen molar-refractivity contribution in [3.05, 3.63) is 53.1 Å². The van der Waals surface area contributed by atoms with Crippen LogP contribution in [0.3, 0.4) is 0 Å². The Kier molecular flexibility index (Phi) is 7.44. The Balaban J connectivity index is 1.55. The zero-order chi connectivity index (χ0) is 25.4. The van der Waals surface area contributed by atoms with Gasteiger partial charge in [0.25, 0.3) is 0 Å². The monoisotopic (exact) mass is 498 g/mol. The van der Waals surface area contributed by atoms with Crippen LogP contribution in [0.1, 0.15) is 80.9 Å². The molecule has 2 aromatic rings. The van der Waals surface area contributed by atoms with Gasteiger partial charge >= 0.3 is 12.4 Å². The summed E-state index contributed by atoms with van der Waals surface area (Å²) in [5.74, 6) is 1.90. The molecule has 7 heteroatoms. The molecule has 0 aromatic heterocycles. The number of rotatable bonds is 4. The Morgan fingerprint density at radius 1 is 0.657 bits per heavy atom. The van der Waals surface area contributed by atoms with E-state index in [4.69, 9.17) is 0 Å². The molecule has 0 amide bonds. The van der Waals surface area contributed by atoms with E-state index in [1.165, 1.54) is 37.8 Å². The number of methoxy groups -OCH3 is 1. The maximum Gasteiger partial charge on any atom is 0.420 e. The van der Waals surface area contributed by atoms with Crippen LogP contribution in [-0.4, -0.2) is 7.11 Å². The van der Waals surface area contributed by atoms with Gasteiger partial charge in [0.05, 0.1) is 12.7 Å². The van der Waals surface area contributed by atoms with E-state index in [9.17, 15) is 26.3 Å². The van der Waals surface area contributed by atoms with Gasteiger partial charge in [0.1, 0.15) is 11.3 Å². The van der Waals surface area contributed by atoms with Crippen molar-refractivity contribution in [2.24, 2.45) is 17.8 Å². The summed E-state index contributed by atoms with van der Waals surface area (Å²) in [6.07, 6.45) is -0.725. The molecule has 0 aliphatic heterocycles. The van der Waals surface area contributed by atoms with Gasteiger partial charge in [0.2, 0.25) is 0 Å². The Morgan fingerprint density at radius 3 is 1.66 bits per heavy atom. The molecule has 0 spiro atoms. The molecule has 0 N–H and O–H groups in total. The minimum Gasteiger partial charge on any atom is -0.496 e. The van der Waals surface area contributed by atoms with Gasteiger partial charge in [-0.25, -0.2) is 0 Å². The maximum atomic E-state index is 13.9. The summed E-state index contributed by atoms with van der Waals surface area (Å²) >= 11 is 0. The maximum absolute atomic E-state index is 13.9. The predicted octanol–water partition coefficient (Wildman–Crippen LogP) is 9.50. The summed E-state index contributed by atoms with van der Waals surface area (Å²) < 4.78 is 87.1. The first-order chi connectivity index (χ1) is 16.5. The van der Waals surface area contributed by atoms with Crippen LogP contribution >= 0.6 is 0 Å². The molecule has 0 saturated heterocycles. The van der Waals surface area contributed by atoms with Crippen molar-refractivity contribution in [3.8, 4) is 16.9 Å². The van der Waals surface area contributed by atoms with Crippen LogP contribution < -0.4 is 4.74 Å². The number of ether oxygens (including phenoxy) is 1. The van der Waals surface area contributed by atoms with Crippen molar-refractivity contribution < 1.29 is 31.1 Å². The topological polar surface area (TPSA) is 9.23 Å². The minimum atomic E-state index is -5.21. The summed E-state index contributed by atoms with van der Waals surface area (Å²) in [5.41, 5.74) is -2.84. The average Bonchev–Trinajstić information content (AvgIpc) is 2.83. The zero-order valence-electron chi connectivity index (χ0n) is 20.1. The second-order valence-corrected chi connectivity index (χ2v) is 10.3. The van der Waals surface area contributed by atoms with Crippen molar-refractivity contribution in [2.45, 2.75) is 76.6 Å². The lowest BCUT2D eigenvalue weighted by Gasteiger charge is -2.37. The number of halogens is 6. The molecule has 1 nitrogen and oxygen atoms in total. The molecule has 192 valence electrons. The van der Waals surface area contributed by atoms with E-state index in [0.29, 0.717) is 5.92 Å². The lowest BCUT2D eigenvalue weighted by molar-refractivity contribution is -0.162. The number of hydrogen-bond acceptors (Lipinski definition) is 1. The molecule has 2 aromatic carbocycles. The summed E-state index contributed by atoms with van der Waals surface area (Å²) in [6, 6.07) is 8.60. The highest BCUT2D eigenvalue weighted by molar-refractivity contribution is 5.72. The molecular formula is C28H32F6O. The smallest absolute Gasteiger partial charge is 0.420 e. The second kappa shape index (κ2) is 10.1. The van der Waals surface area contributed by atoms with E-state index in [1.54, 1.807) is 12.1 Å². The van der Waals surface area contributed by atoms with Crippen molar-refractivity contribution in [3.63, 3.8) is 0 Å². The highest BCUT2D eigenvalue weighted by atomic mass is 19.4. The summed E-state index contributed by atoms with van der Waals surface area (Å²) in [7, 11) is 0.933. The molecule has 2 aliphatic rings. The predicted molar refractivity (Wildman–Crippen MR) is 124 cm³/mol. The van der Waals surface area contributed by atoms with Crippen molar-refractivity contribution >= 4 is 0 Å². The fourth-order valence-electron chi connectivity index (χ4n) is 6.19. The van der Waals surface area contributed by atoms with Crippen molar-refractivity contribution in [2.75, 3.05) is 7.11 Å². The quantitative estimate of drug-likeness (QED) is 0.382. The summed E-state index contributed by atoms with van der Waals surface area (Å²) in [5, 5.41) is 0. The number of benzene rings is 2. The summed E-state index contributed by atoms with van der Waals surface area (Å²) in [4.78, 5) is 0. The van der Waals surface area contributed by atoms with Crippen LogP contribution in [0.25, 0.3) is 11.1 Å². The van der Waals surface area contributed by atoms with Gasteiger partial charge < -0.3 is 4.74 Å². The normalized spacial score (nSPS) is 25.9. The van der Waals surface area contributed by atoms with Gasteiger partial charge in [-0.2, -0.15) is 26.3 Å². The van der Waals surface area contributed by atoms with Crippen LogP contribution in [-0.2, 0) is 12.4 Å². The third-order valence-electron chi connectivity index (χ3n) is 8.15. The van der Waals surface area contributed by atoms with Gasteiger partial charge in [0.15, 0.2) is 0 Å². The fraction of sp³-hybridized carbons (Fsp3) is 0.571. The molecule has 0 unspecified atom stereocenters. The first kappa shape index (κ1) is 25.9. The fourth-order valence-corrected chi connectivity index (χ4v) is 6.19. The molecule has 35 heavy (non-hydrogen) atoms. The first-order valence-corrected chi connectivity index (χ1v) is 12.4. The molecule has 2 saturated carbocycles. The minimum absolute atomic E-state index is 0.110. The van der Waals surface area contributed by atoms with E-state index in [-0.39, 0.29) is 5.56 Å². The Labute approximate surface area is 202 Å². The number of hydrogen-bond donors (Lipinski definition) is 0. The van der Waals surface area contributed by atoms with E-state index in [0.717, 1.165) is 68.2 Å². The largest absolute Gasteiger partial charge is 0.496 e. The molecular weight excluding hydrogens is 466 g/mol. The molecule has 0 bridgehead atoms. The van der Waals surface area contributed by atoms with Crippen molar-refractivity contribution in [1.29, 1.82) is 0 Å². The van der Waals surface area contributed by atoms with Gasteiger partial charge in [-0.1, -0.05) is 50.1 Å². The standard InChI is InChI=1S/C28H32F6O/c1-17-3-5-18(6-4-17)19-7-9-20(10-8-19)21-11-13-22(14-12-21)23-15-16-24(35-2)26(28(32,33)34)25(23)27(29,30)31/h11-20H,3-10H2,1-2H3. The first-order valence-electron chi connectivity index (χ1n) is 12.4. The third-order valence-corrected chi connectivity index (χ3v) is 8.15. The Bertz CT molecular complexity index is 992. The van der Waals surface area contributed by atoms with Crippen LogP contribution in [0.5, 0.6) is 5.75 Å². The lowest BCUT2D eigenvalue weighted by Crippen LogP contribution is -2.24. The SMILES string of the molecule is COc1ccc(-c2ccc(C3CCC(C4CCC(C)CC4)CC3)cc2)c(C(F)(F)F)c1C(F)(F)F. The molecule has 2 aliphatic carbocycles. The van der Waals surface area contributed by atoms with E-state index < -0.39 is 34.8 Å². The van der Waals surface area contributed by atoms with Crippen LogP contribution in [0.4, 0.5) is 26.3 Å². The van der Waals surface area contributed by atoms with Crippen molar-refractivity contribution in [1.82, 2.24) is 0 Å². The lowest BCUT2D eigenvalue weighted by atomic mass is 9.68. The second-order valence-electron chi connectivity index (χ2n) is 10.3. The Hall–Kier alpha value is -2.18. The van der Waals surface area contributed by atoms with Gasteiger partial charge in [-0.05, 0) is 85.0 Å². The summed E-state index contributed by atoms with van der Waals surface area (Å²) in [6.45, 7) is 2.32. The van der Waals surface area contributed by atoms with Crippen LogP contribution in [0.2, 0.25) is 0 Å². The average molecular weight is 499 g/mol. The third kappa shape index (κ3) is 5.64. The van der Waals surface area contributed by atoms with Crippen LogP contribution in [0.15, 0.2) is 36.4 Å². The van der Waals surface area contributed by atoms with E-state index >= 15 is 0 Å². The van der Waals surface area contributed by atoms with E-state index in [2.05, 4.69) is 11.7 Å². The highest BCUT2D eigenvalue weighted by Gasteiger charge is 2.47. The zero-order valence-corrected chi connectivity index (χ0v) is 20.1. The Morgan fingerprint density at radius 2 is 1.17 bits per heavy atom. The van der Waals surface area contributed by atoms with Crippen LogP contribution in [0, 0.1) is 17.8 Å². The van der Waals surface area contributed by atoms with Gasteiger partial charge in [-0.3, -0.25) is 0 Å². The molecule has 0 heterocycles.